The summed E-state index contributed by atoms with van der Waals surface area (Å²) in [6.45, 7) is 0.703. The van der Waals surface area contributed by atoms with E-state index in [1.54, 1.807) is 24.3 Å². The van der Waals surface area contributed by atoms with Crippen LogP contribution in [0, 0.1) is 0 Å². The second kappa shape index (κ2) is 6.85. The summed E-state index contributed by atoms with van der Waals surface area (Å²) in [5, 5.41) is 14.6. The van der Waals surface area contributed by atoms with Crippen molar-refractivity contribution in [3.8, 4) is 0 Å². The van der Waals surface area contributed by atoms with Crippen LogP contribution in [0.4, 0.5) is 0 Å². The zero-order valence-corrected chi connectivity index (χ0v) is 12.9. The number of benzene rings is 1. The van der Waals surface area contributed by atoms with Crippen molar-refractivity contribution >= 4 is 23.5 Å². The fraction of sp³-hybridized carbons (Fsp3) is 0.467. The zero-order chi connectivity index (χ0) is 15.3. The Morgan fingerprint density at radius 2 is 1.90 bits per heavy atom. The summed E-state index contributed by atoms with van der Waals surface area (Å²) in [7, 11) is 0. The summed E-state index contributed by atoms with van der Waals surface area (Å²) < 4.78 is 0.198. The minimum Gasteiger partial charge on any atom is -0.409 e. The van der Waals surface area contributed by atoms with Crippen LogP contribution in [-0.2, 0) is 0 Å². The van der Waals surface area contributed by atoms with Gasteiger partial charge in [0.05, 0.1) is 0 Å². The largest absolute Gasteiger partial charge is 0.409 e. The van der Waals surface area contributed by atoms with E-state index in [9.17, 15) is 4.79 Å². The molecule has 114 valence electrons. The fourth-order valence-electron chi connectivity index (χ4n) is 2.67. The molecule has 0 radical (unpaired) electrons. The first-order valence-corrected chi connectivity index (χ1v) is 8.24. The fourth-order valence-corrected chi connectivity index (χ4v) is 3.58. The van der Waals surface area contributed by atoms with Gasteiger partial charge in [0.2, 0.25) is 0 Å². The summed E-state index contributed by atoms with van der Waals surface area (Å²) >= 11 is 1.85. The molecule has 5 nitrogen and oxygen atoms in total. The smallest absolute Gasteiger partial charge is 0.251 e. The van der Waals surface area contributed by atoms with Crippen LogP contribution in [0.1, 0.15) is 41.6 Å². The Morgan fingerprint density at radius 1 is 1.33 bits per heavy atom. The van der Waals surface area contributed by atoms with Crippen molar-refractivity contribution in [2.75, 3.05) is 12.8 Å². The number of hydrogen-bond acceptors (Lipinski definition) is 4. The quantitative estimate of drug-likeness (QED) is 0.337. The van der Waals surface area contributed by atoms with Gasteiger partial charge in [0.15, 0.2) is 5.84 Å². The van der Waals surface area contributed by atoms with Crippen LogP contribution in [-0.4, -0.2) is 34.5 Å². The molecule has 2 rings (SSSR count). The van der Waals surface area contributed by atoms with Crippen LogP contribution >= 0.6 is 11.8 Å². The lowest BCUT2D eigenvalue weighted by Crippen LogP contribution is -2.38. The lowest BCUT2D eigenvalue weighted by molar-refractivity contribution is 0.0949. The van der Waals surface area contributed by atoms with Crippen molar-refractivity contribution < 1.29 is 10.0 Å². The molecule has 0 aliphatic heterocycles. The Labute approximate surface area is 129 Å². The monoisotopic (exact) mass is 307 g/mol. The van der Waals surface area contributed by atoms with Gasteiger partial charge in [-0.05, 0) is 31.2 Å². The lowest BCUT2D eigenvalue weighted by Gasteiger charge is -2.26. The van der Waals surface area contributed by atoms with Crippen molar-refractivity contribution in [3.05, 3.63) is 35.4 Å². The molecule has 4 N–H and O–H groups in total. The molecule has 1 aliphatic carbocycles. The summed E-state index contributed by atoms with van der Waals surface area (Å²) in [6, 6.07) is 6.71. The van der Waals surface area contributed by atoms with Gasteiger partial charge in [0.1, 0.15) is 0 Å². The van der Waals surface area contributed by atoms with E-state index >= 15 is 0 Å². The van der Waals surface area contributed by atoms with E-state index in [2.05, 4.69) is 16.7 Å². The summed E-state index contributed by atoms with van der Waals surface area (Å²) in [6.07, 6.45) is 6.92. The molecule has 0 aromatic heterocycles. The van der Waals surface area contributed by atoms with Crippen LogP contribution in [0.3, 0.4) is 0 Å². The number of oxime groups is 1. The molecule has 0 heterocycles. The molecule has 6 heteroatoms. The Balaban J connectivity index is 1.97. The SMILES string of the molecule is CSC1(CNC(=O)c2ccc(/C(N)=N/O)cc2)CCCC1. The Bertz CT molecular complexity index is 522. The van der Waals surface area contributed by atoms with Crippen LogP contribution in [0.5, 0.6) is 0 Å². The highest BCUT2D eigenvalue weighted by molar-refractivity contribution is 8.00. The molecule has 0 atom stereocenters. The highest BCUT2D eigenvalue weighted by Crippen LogP contribution is 2.39. The standard InChI is InChI=1S/C15H21N3O2S/c1-21-15(8-2-3-9-15)10-17-14(19)12-6-4-11(5-7-12)13(16)18-20/h4-7,20H,2-3,8-10H2,1H3,(H2,16,18)(H,17,19). The maximum atomic E-state index is 12.2. The highest BCUT2D eigenvalue weighted by Gasteiger charge is 2.33. The van der Waals surface area contributed by atoms with E-state index in [0.29, 0.717) is 17.7 Å². The number of nitrogens with one attached hydrogen (secondary N) is 1. The number of hydrogen-bond donors (Lipinski definition) is 3. The van der Waals surface area contributed by atoms with Gasteiger partial charge in [0.25, 0.3) is 5.91 Å². The molecule has 0 unspecified atom stereocenters. The van der Waals surface area contributed by atoms with E-state index < -0.39 is 0 Å². The van der Waals surface area contributed by atoms with Crippen LogP contribution < -0.4 is 11.1 Å². The molecule has 1 aromatic rings. The minimum atomic E-state index is -0.0821. The number of rotatable bonds is 5. The van der Waals surface area contributed by atoms with Gasteiger partial charge < -0.3 is 16.3 Å². The molecule has 1 aliphatic rings. The van der Waals surface area contributed by atoms with E-state index in [-0.39, 0.29) is 16.5 Å². The Hall–Kier alpha value is -1.69. The molecule has 1 fully saturated rings. The lowest BCUT2D eigenvalue weighted by atomic mass is 10.1. The van der Waals surface area contributed by atoms with Crippen LogP contribution in [0.2, 0.25) is 0 Å². The third-order valence-electron chi connectivity index (χ3n) is 4.07. The second-order valence-corrected chi connectivity index (χ2v) is 6.61. The first-order chi connectivity index (χ1) is 10.1. The third-order valence-corrected chi connectivity index (χ3v) is 5.49. The van der Waals surface area contributed by atoms with E-state index in [4.69, 9.17) is 10.9 Å². The first-order valence-electron chi connectivity index (χ1n) is 7.01. The number of nitrogens with zero attached hydrogens (tertiary/aromatic N) is 1. The zero-order valence-electron chi connectivity index (χ0n) is 12.1. The normalized spacial score (nSPS) is 17.7. The molecular weight excluding hydrogens is 286 g/mol. The number of amidine groups is 1. The predicted octanol–water partition coefficient (Wildman–Crippen LogP) is 2.19. The Morgan fingerprint density at radius 3 is 2.43 bits per heavy atom. The van der Waals surface area contributed by atoms with Gasteiger partial charge in [-0.15, -0.1) is 0 Å². The highest BCUT2D eigenvalue weighted by atomic mass is 32.2. The molecule has 21 heavy (non-hydrogen) atoms. The van der Waals surface area contributed by atoms with Crippen molar-refractivity contribution in [1.82, 2.24) is 5.32 Å². The molecule has 1 amide bonds. The summed E-state index contributed by atoms with van der Waals surface area (Å²) in [4.78, 5) is 12.2. The second-order valence-electron chi connectivity index (χ2n) is 5.34. The topological polar surface area (TPSA) is 87.7 Å². The van der Waals surface area contributed by atoms with Crippen molar-refractivity contribution in [2.45, 2.75) is 30.4 Å². The number of carbonyl (C=O) groups excluding carboxylic acids is 1. The maximum Gasteiger partial charge on any atom is 0.251 e. The predicted molar refractivity (Wildman–Crippen MR) is 86.0 cm³/mol. The number of nitrogens with two attached hydrogens (primary N) is 1. The average Bonchev–Trinajstić information content (AvgIpc) is 3.01. The first kappa shape index (κ1) is 15.7. The number of amides is 1. The van der Waals surface area contributed by atoms with Crippen LogP contribution in [0.25, 0.3) is 0 Å². The van der Waals surface area contributed by atoms with Gasteiger partial charge >= 0.3 is 0 Å². The van der Waals surface area contributed by atoms with Crippen LogP contribution in [0.15, 0.2) is 29.4 Å². The van der Waals surface area contributed by atoms with E-state index in [1.807, 2.05) is 11.8 Å². The molecule has 0 spiro atoms. The summed E-state index contributed by atoms with van der Waals surface area (Å²) in [5.41, 5.74) is 6.66. The van der Waals surface area contributed by atoms with Crippen molar-refractivity contribution in [1.29, 1.82) is 0 Å². The molecule has 1 saturated carbocycles. The minimum absolute atomic E-state index is 0.0363. The molecule has 0 bridgehead atoms. The summed E-state index contributed by atoms with van der Waals surface area (Å²) in [5.74, 6) is -0.0457. The van der Waals surface area contributed by atoms with Gasteiger partial charge in [0, 0.05) is 22.4 Å². The average molecular weight is 307 g/mol. The third kappa shape index (κ3) is 3.69. The van der Waals surface area contributed by atoms with Crippen molar-refractivity contribution in [2.24, 2.45) is 10.9 Å². The van der Waals surface area contributed by atoms with Gasteiger partial charge in [-0.1, -0.05) is 30.1 Å². The number of carbonyl (C=O) groups is 1. The number of thioether (sulfide) groups is 1. The van der Waals surface area contributed by atoms with Gasteiger partial charge in [-0.3, -0.25) is 4.79 Å². The molecule has 1 aromatic carbocycles. The van der Waals surface area contributed by atoms with Gasteiger partial charge in [-0.25, -0.2) is 0 Å². The van der Waals surface area contributed by atoms with Crippen molar-refractivity contribution in [3.63, 3.8) is 0 Å². The molecule has 0 saturated heterocycles. The maximum absolute atomic E-state index is 12.2. The van der Waals surface area contributed by atoms with E-state index in [0.717, 1.165) is 12.8 Å². The molecular formula is C15H21N3O2S. The van der Waals surface area contributed by atoms with E-state index in [1.165, 1.54) is 12.8 Å². The van der Waals surface area contributed by atoms with Gasteiger partial charge in [-0.2, -0.15) is 11.8 Å². The Kier molecular flexibility index (Phi) is 5.12.